The van der Waals surface area contributed by atoms with Crippen LogP contribution < -0.4 is 5.32 Å². The van der Waals surface area contributed by atoms with Gasteiger partial charge in [-0.15, -0.1) is 0 Å². The van der Waals surface area contributed by atoms with Gasteiger partial charge in [0.05, 0.1) is 10.6 Å². The minimum absolute atomic E-state index is 0.00327. The van der Waals surface area contributed by atoms with Crippen LogP contribution in [0.1, 0.15) is 13.3 Å². The van der Waals surface area contributed by atoms with Gasteiger partial charge in [-0.05, 0) is 36.4 Å². The highest BCUT2D eigenvalue weighted by Crippen LogP contribution is 2.20. The maximum absolute atomic E-state index is 12.4. The number of nitrogens with one attached hydrogen (secondary N) is 1. The fourth-order valence-electron chi connectivity index (χ4n) is 2.13. The van der Waals surface area contributed by atoms with Crippen molar-refractivity contribution in [3.05, 3.63) is 42.5 Å². The molecule has 0 saturated heterocycles. The zero-order valence-corrected chi connectivity index (χ0v) is 12.1. The van der Waals surface area contributed by atoms with Gasteiger partial charge in [0.15, 0.2) is 9.84 Å². The van der Waals surface area contributed by atoms with Crippen molar-refractivity contribution in [2.45, 2.75) is 24.3 Å². The topological polar surface area (TPSA) is 46.2 Å². The first-order valence-electron chi connectivity index (χ1n) is 6.45. The second-order valence-corrected chi connectivity index (χ2v) is 6.72. The van der Waals surface area contributed by atoms with E-state index >= 15 is 0 Å². The fraction of sp³-hybridized carbons (Fsp3) is 0.333. The van der Waals surface area contributed by atoms with Gasteiger partial charge in [-0.3, -0.25) is 0 Å². The largest absolute Gasteiger partial charge is 0.316 e. The van der Waals surface area contributed by atoms with Crippen LogP contribution in [0.3, 0.4) is 0 Å². The van der Waals surface area contributed by atoms with E-state index in [0.717, 1.165) is 17.2 Å². The first-order valence-corrected chi connectivity index (χ1v) is 8.11. The van der Waals surface area contributed by atoms with E-state index in [2.05, 4.69) is 5.32 Å². The van der Waals surface area contributed by atoms with Crippen LogP contribution in [0, 0.1) is 0 Å². The summed E-state index contributed by atoms with van der Waals surface area (Å²) in [6.45, 7) is 1.98. The molecule has 0 aromatic heterocycles. The molecular formula is C15H19NO2S. The predicted molar refractivity (Wildman–Crippen MR) is 79.1 cm³/mol. The van der Waals surface area contributed by atoms with Crippen LogP contribution in [0.4, 0.5) is 0 Å². The quantitative estimate of drug-likeness (QED) is 0.914. The Morgan fingerprint density at radius 2 is 1.79 bits per heavy atom. The summed E-state index contributed by atoms with van der Waals surface area (Å²) in [6.07, 6.45) is 0.795. The summed E-state index contributed by atoms with van der Waals surface area (Å²) in [5.74, 6) is 0.137. The van der Waals surface area contributed by atoms with Crippen molar-refractivity contribution < 1.29 is 8.42 Å². The van der Waals surface area contributed by atoms with Crippen molar-refractivity contribution in [2.24, 2.45) is 0 Å². The molecule has 0 spiro atoms. The molecule has 3 nitrogen and oxygen atoms in total. The van der Waals surface area contributed by atoms with Crippen LogP contribution in [0.5, 0.6) is 0 Å². The third-order valence-corrected chi connectivity index (χ3v) is 5.22. The molecule has 0 saturated carbocycles. The van der Waals surface area contributed by atoms with Gasteiger partial charge < -0.3 is 5.32 Å². The summed E-state index contributed by atoms with van der Waals surface area (Å²) in [4.78, 5) is 0.403. The lowest BCUT2D eigenvalue weighted by Crippen LogP contribution is -2.32. The van der Waals surface area contributed by atoms with Crippen LogP contribution in [0.15, 0.2) is 47.4 Å². The van der Waals surface area contributed by atoms with Gasteiger partial charge in [-0.25, -0.2) is 8.42 Å². The van der Waals surface area contributed by atoms with E-state index in [1.165, 1.54) is 0 Å². The number of fused-ring (bicyclic) bond motifs is 1. The van der Waals surface area contributed by atoms with E-state index in [4.69, 9.17) is 0 Å². The minimum Gasteiger partial charge on any atom is -0.316 e. The third kappa shape index (κ3) is 3.14. The van der Waals surface area contributed by atoms with Gasteiger partial charge >= 0.3 is 0 Å². The Hall–Kier alpha value is -1.39. The number of sulfone groups is 1. The van der Waals surface area contributed by atoms with E-state index < -0.39 is 9.84 Å². The SMILES string of the molecule is CCC(CS(=O)(=O)c1ccc2ccccc2c1)NC. The predicted octanol–water partition coefficient (Wildman–Crippen LogP) is 2.61. The summed E-state index contributed by atoms with van der Waals surface area (Å²) in [5, 5.41) is 5.05. The fourth-order valence-corrected chi connectivity index (χ4v) is 3.83. The summed E-state index contributed by atoms with van der Waals surface area (Å²) < 4.78 is 24.7. The molecule has 0 radical (unpaired) electrons. The van der Waals surface area contributed by atoms with E-state index in [1.807, 2.05) is 37.3 Å². The van der Waals surface area contributed by atoms with E-state index in [9.17, 15) is 8.42 Å². The van der Waals surface area contributed by atoms with E-state index in [1.54, 1.807) is 19.2 Å². The number of hydrogen-bond acceptors (Lipinski definition) is 3. The Morgan fingerprint density at radius 3 is 2.42 bits per heavy atom. The number of benzene rings is 2. The first kappa shape index (κ1) is 14.0. The third-order valence-electron chi connectivity index (χ3n) is 3.40. The molecule has 0 aliphatic rings. The second-order valence-electron chi connectivity index (χ2n) is 4.68. The lowest BCUT2D eigenvalue weighted by Gasteiger charge is -2.14. The van der Waals surface area contributed by atoms with Crippen molar-refractivity contribution in [3.8, 4) is 0 Å². The second kappa shape index (κ2) is 5.72. The minimum atomic E-state index is -3.24. The van der Waals surface area contributed by atoms with E-state index in [0.29, 0.717) is 4.90 Å². The van der Waals surface area contributed by atoms with Crippen LogP contribution in [-0.4, -0.2) is 27.3 Å². The molecule has 4 heteroatoms. The van der Waals surface area contributed by atoms with Crippen molar-refractivity contribution in [1.82, 2.24) is 5.32 Å². The van der Waals surface area contributed by atoms with Crippen LogP contribution >= 0.6 is 0 Å². The Labute approximate surface area is 114 Å². The molecule has 2 aromatic carbocycles. The lowest BCUT2D eigenvalue weighted by atomic mass is 10.1. The molecule has 1 N–H and O–H groups in total. The van der Waals surface area contributed by atoms with Crippen LogP contribution in [0.2, 0.25) is 0 Å². The average molecular weight is 277 g/mol. The summed E-state index contributed by atoms with van der Waals surface area (Å²) in [7, 11) is -1.44. The van der Waals surface area contributed by atoms with Gasteiger partial charge in [0, 0.05) is 6.04 Å². The van der Waals surface area contributed by atoms with Crippen molar-refractivity contribution in [2.75, 3.05) is 12.8 Å². The Bertz CT molecular complexity index is 661. The molecular weight excluding hydrogens is 258 g/mol. The standard InChI is InChI=1S/C15H19NO2S/c1-3-14(16-2)11-19(17,18)15-9-8-12-6-4-5-7-13(12)10-15/h4-10,14,16H,3,11H2,1-2H3. The summed E-state index contributed by atoms with van der Waals surface area (Å²) in [6, 6.07) is 13.1. The summed E-state index contributed by atoms with van der Waals surface area (Å²) in [5.41, 5.74) is 0. The average Bonchev–Trinajstić information content (AvgIpc) is 2.44. The van der Waals surface area contributed by atoms with Gasteiger partial charge in [0.25, 0.3) is 0 Å². The molecule has 102 valence electrons. The Kier molecular flexibility index (Phi) is 4.22. The molecule has 2 aromatic rings. The van der Waals surface area contributed by atoms with Crippen LogP contribution in [-0.2, 0) is 9.84 Å². The smallest absolute Gasteiger partial charge is 0.179 e. The highest BCUT2D eigenvalue weighted by molar-refractivity contribution is 7.91. The molecule has 0 heterocycles. The molecule has 0 amide bonds. The maximum Gasteiger partial charge on any atom is 0.179 e. The first-order chi connectivity index (χ1) is 9.06. The van der Waals surface area contributed by atoms with Crippen molar-refractivity contribution >= 4 is 20.6 Å². The molecule has 2 rings (SSSR count). The number of rotatable bonds is 5. The molecule has 0 aliphatic carbocycles. The molecule has 0 fully saturated rings. The molecule has 0 bridgehead atoms. The van der Waals surface area contributed by atoms with Gasteiger partial charge in [-0.1, -0.05) is 37.3 Å². The maximum atomic E-state index is 12.4. The highest BCUT2D eigenvalue weighted by Gasteiger charge is 2.19. The summed E-state index contributed by atoms with van der Waals surface area (Å²) >= 11 is 0. The molecule has 19 heavy (non-hydrogen) atoms. The zero-order chi connectivity index (χ0) is 13.9. The molecule has 1 atom stereocenters. The highest BCUT2D eigenvalue weighted by atomic mass is 32.2. The Balaban J connectivity index is 2.37. The van der Waals surface area contributed by atoms with Gasteiger partial charge in [-0.2, -0.15) is 0 Å². The lowest BCUT2D eigenvalue weighted by molar-refractivity contribution is 0.556. The van der Waals surface area contributed by atoms with Gasteiger partial charge in [0.1, 0.15) is 0 Å². The zero-order valence-electron chi connectivity index (χ0n) is 11.3. The van der Waals surface area contributed by atoms with Crippen LogP contribution in [0.25, 0.3) is 10.8 Å². The van der Waals surface area contributed by atoms with Crippen molar-refractivity contribution in [1.29, 1.82) is 0 Å². The number of hydrogen-bond donors (Lipinski definition) is 1. The molecule has 1 unspecified atom stereocenters. The van der Waals surface area contributed by atoms with Crippen molar-refractivity contribution in [3.63, 3.8) is 0 Å². The normalized spacial score (nSPS) is 13.6. The van der Waals surface area contributed by atoms with E-state index in [-0.39, 0.29) is 11.8 Å². The monoisotopic (exact) mass is 277 g/mol. The van der Waals surface area contributed by atoms with Gasteiger partial charge in [0.2, 0.25) is 0 Å². The molecule has 0 aliphatic heterocycles. The Morgan fingerprint density at radius 1 is 1.11 bits per heavy atom.